The van der Waals surface area contributed by atoms with Crippen molar-refractivity contribution in [1.82, 2.24) is 9.78 Å². The molecule has 0 saturated heterocycles. The summed E-state index contributed by atoms with van der Waals surface area (Å²) in [6.45, 7) is 3.96. The van der Waals surface area contributed by atoms with Crippen LogP contribution in [0, 0.1) is 0 Å². The lowest BCUT2D eigenvalue weighted by atomic mass is 10.1. The van der Waals surface area contributed by atoms with E-state index in [4.69, 9.17) is 4.74 Å². The average molecular weight is 300 g/mol. The number of unbranched alkanes of at least 4 members (excludes halogenated alkanes) is 1. The van der Waals surface area contributed by atoms with E-state index < -0.39 is 0 Å². The molecule has 0 radical (unpaired) electrons. The van der Waals surface area contributed by atoms with Crippen molar-refractivity contribution in [1.29, 1.82) is 0 Å². The minimum absolute atomic E-state index is 0.178. The fourth-order valence-corrected chi connectivity index (χ4v) is 2.16. The van der Waals surface area contributed by atoms with Crippen LogP contribution in [0.25, 0.3) is 11.3 Å². The fourth-order valence-electron chi connectivity index (χ4n) is 2.16. The Bertz CT molecular complexity index is 718. The predicted octanol–water partition coefficient (Wildman–Crippen LogP) is 2.92. The summed E-state index contributed by atoms with van der Waals surface area (Å²) in [7, 11) is 1.60. The zero-order chi connectivity index (χ0) is 16.1. The van der Waals surface area contributed by atoms with Gasteiger partial charge in [-0.3, -0.25) is 9.59 Å². The molecular formula is C17H20N2O3. The van der Waals surface area contributed by atoms with Gasteiger partial charge in [0.1, 0.15) is 5.75 Å². The SMILES string of the molecule is CCCCn1nc(-c2ccc(OC)cc2)cc(C(C)=O)c1=O. The Morgan fingerprint density at radius 3 is 2.50 bits per heavy atom. The Kier molecular flexibility index (Phi) is 5.09. The first-order valence-corrected chi connectivity index (χ1v) is 7.34. The molecule has 5 nitrogen and oxygen atoms in total. The standard InChI is InChI=1S/C17H20N2O3/c1-4-5-10-19-17(21)15(12(2)20)11-16(18-19)13-6-8-14(22-3)9-7-13/h6-9,11H,4-5,10H2,1-3H3. The number of hydrogen-bond acceptors (Lipinski definition) is 4. The molecule has 0 bridgehead atoms. The predicted molar refractivity (Wildman–Crippen MR) is 85.4 cm³/mol. The molecule has 0 aliphatic heterocycles. The molecule has 0 amide bonds. The number of rotatable bonds is 6. The molecule has 0 spiro atoms. The lowest BCUT2D eigenvalue weighted by Crippen LogP contribution is -2.28. The van der Waals surface area contributed by atoms with Crippen LogP contribution >= 0.6 is 0 Å². The van der Waals surface area contributed by atoms with Crippen molar-refractivity contribution >= 4 is 5.78 Å². The van der Waals surface area contributed by atoms with Gasteiger partial charge in [-0.2, -0.15) is 5.10 Å². The van der Waals surface area contributed by atoms with Gasteiger partial charge in [0.05, 0.1) is 18.4 Å². The lowest BCUT2D eigenvalue weighted by Gasteiger charge is -2.09. The van der Waals surface area contributed by atoms with Crippen LogP contribution in [0.15, 0.2) is 35.1 Å². The molecule has 1 heterocycles. The third kappa shape index (κ3) is 3.42. The van der Waals surface area contributed by atoms with Crippen molar-refractivity contribution in [2.45, 2.75) is 33.2 Å². The van der Waals surface area contributed by atoms with Gasteiger partial charge in [-0.1, -0.05) is 13.3 Å². The second-order valence-electron chi connectivity index (χ2n) is 5.11. The third-order valence-corrected chi connectivity index (χ3v) is 3.46. The van der Waals surface area contributed by atoms with Crippen molar-refractivity contribution in [3.63, 3.8) is 0 Å². The summed E-state index contributed by atoms with van der Waals surface area (Å²) in [5.41, 5.74) is 1.31. The normalized spacial score (nSPS) is 10.5. The maximum Gasteiger partial charge on any atom is 0.277 e. The zero-order valence-electron chi connectivity index (χ0n) is 13.1. The first-order valence-electron chi connectivity index (χ1n) is 7.34. The van der Waals surface area contributed by atoms with Gasteiger partial charge in [-0.05, 0) is 43.7 Å². The Balaban J connectivity index is 2.52. The summed E-state index contributed by atoms with van der Waals surface area (Å²) in [6, 6.07) is 8.94. The van der Waals surface area contributed by atoms with Crippen molar-refractivity contribution in [2.75, 3.05) is 7.11 Å². The van der Waals surface area contributed by atoms with E-state index >= 15 is 0 Å². The molecule has 22 heavy (non-hydrogen) atoms. The van der Waals surface area contributed by atoms with Crippen LogP contribution < -0.4 is 10.3 Å². The molecule has 5 heteroatoms. The summed E-state index contributed by atoms with van der Waals surface area (Å²) < 4.78 is 6.52. The number of Topliss-reactive ketones (excluding diaryl/α,β-unsaturated/α-hetero) is 1. The fraction of sp³-hybridized carbons (Fsp3) is 0.353. The molecule has 0 fully saturated rings. The number of benzene rings is 1. The number of carbonyl (C=O) groups is 1. The minimum Gasteiger partial charge on any atom is -0.497 e. The van der Waals surface area contributed by atoms with Crippen LogP contribution in [0.1, 0.15) is 37.0 Å². The van der Waals surface area contributed by atoms with E-state index in [-0.39, 0.29) is 16.9 Å². The molecule has 0 aliphatic carbocycles. The van der Waals surface area contributed by atoms with E-state index in [0.29, 0.717) is 12.2 Å². The van der Waals surface area contributed by atoms with Crippen LogP contribution in [-0.4, -0.2) is 22.7 Å². The van der Waals surface area contributed by atoms with Crippen molar-refractivity contribution in [2.24, 2.45) is 0 Å². The Morgan fingerprint density at radius 1 is 1.27 bits per heavy atom. The number of carbonyl (C=O) groups excluding carboxylic acids is 1. The molecule has 0 aliphatic rings. The molecule has 0 saturated carbocycles. The molecule has 0 atom stereocenters. The van der Waals surface area contributed by atoms with Crippen molar-refractivity contribution in [3.05, 3.63) is 46.2 Å². The van der Waals surface area contributed by atoms with E-state index in [1.54, 1.807) is 13.2 Å². The van der Waals surface area contributed by atoms with E-state index in [1.165, 1.54) is 11.6 Å². The van der Waals surface area contributed by atoms with Gasteiger partial charge in [0.2, 0.25) is 0 Å². The van der Waals surface area contributed by atoms with E-state index in [2.05, 4.69) is 5.10 Å². The van der Waals surface area contributed by atoms with Gasteiger partial charge < -0.3 is 4.74 Å². The van der Waals surface area contributed by atoms with Gasteiger partial charge in [-0.15, -0.1) is 0 Å². The van der Waals surface area contributed by atoms with Crippen LogP contribution in [-0.2, 0) is 6.54 Å². The van der Waals surface area contributed by atoms with Crippen LogP contribution in [0.4, 0.5) is 0 Å². The first-order chi connectivity index (χ1) is 10.6. The molecule has 1 aromatic heterocycles. The van der Waals surface area contributed by atoms with E-state index in [9.17, 15) is 9.59 Å². The second kappa shape index (κ2) is 7.02. The molecule has 0 N–H and O–H groups in total. The number of ketones is 1. The van der Waals surface area contributed by atoms with Crippen LogP contribution in [0.5, 0.6) is 5.75 Å². The van der Waals surface area contributed by atoms with E-state index in [1.807, 2.05) is 31.2 Å². The second-order valence-corrected chi connectivity index (χ2v) is 5.11. The summed E-state index contributed by atoms with van der Waals surface area (Å²) in [5, 5.41) is 4.39. The summed E-state index contributed by atoms with van der Waals surface area (Å²) in [4.78, 5) is 24.0. The van der Waals surface area contributed by atoms with Crippen molar-refractivity contribution in [3.8, 4) is 17.0 Å². The van der Waals surface area contributed by atoms with Gasteiger partial charge in [0, 0.05) is 12.1 Å². The highest BCUT2D eigenvalue weighted by Crippen LogP contribution is 2.20. The molecular weight excluding hydrogens is 280 g/mol. The average Bonchev–Trinajstić information content (AvgIpc) is 2.53. The van der Waals surface area contributed by atoms with Gasteiger partial charge in [0.25, 0.3) is 5.56 Å². The Morgan fingerprint density at radius 2 is 1.95 bits per heavy atom. The zero-order valence-corrected chi connectivity index (χ0v) is 13.1. The van der Waals surface area contributed by atoms with Crippen LogP contribution in [0.3, 0.4) is 0 Å². The summed E-state index contributed by atoms with van der Waals surface area (Å²) in [5.74, 6) is 0.502. The number of nitrogens with zero attached hydrogens (tertiary/aromatic N) is 2. The smallest absolute Gasteiger partial charge is 0.277 e. The number of methoxy groups -OCH3 is 1. The summed E-state index contributed by atoms with van der Waals surface area (Å²) in [6.07, 6.45) is 1.80. The third-order valence-electron chi connectivity index (χ3n) is 3.46. The molecule has 1 aromatic carbocycles. The molecule has 116 valence electrons. The maximum absolute atomic E-state index is 12.3. The lowest BCUT2D eigenvalue weighted by molar-refractivity contribution is 0.101. The van der Waals surface area contributed by atoms with Gasteiger partial charge in [-0.25, -0.2) is 4.68 Å². The number of hydrogen-bond donors (Lipinski definition) is 0. The Hall–Kier alpha value is -2.43. The number of ether oxygens (including phenoxy) is 1. The topological polar surface area (TPSA) is 61.2 Å². The highest BCUT2D eigenvalue weighted by atomic mass is 16.5. The van der Waals surface area contributed by atoms with Crippen molar-refractivity contribution < 1.29 is 9.53 Å². The highest BCUT2D eigenvalue weighted by Gasteiger charge is 2.13. The van der Waals surface area contributed by atoms with E-state index in [0.717, 1.165) is 24.2 Å². The molecule has 2 aromatic rings. The van der Waals surface area contributed by atoms with Gasteiger partial charge >= 0.3 is 0 Å². The largest absolute Gasteiger partial charge is 0.497 e. The van der Waals surface area contributed by atoms with Crippen LogP contribution in [0.2, 0.25) is 0 Å². The highest BCUT2D eigenvalue weighted by molar-refractivity contribution is 5.94. The first kappa shape index (κ1) is 15.9. The molecule has 0 unspecified atom stereocenters. The monoisotopic (exact) mass is 300 g/mol. The van der Waals surface area contributed by atoms with Gasteiger partial charge in [0.15, 0.2) is 5.78 Å². The Labute approximate surface area is 129 Å². The molecule has 2 rings (SSSR count). The quantitative estimate of drug-likeness (QED) is 0.770. The summed E-state index contributed by atoms with van der Waals surface area (Å²) >= 11 is 0. The number of aryl methyl sites for hydroxylation is 1. The number of aromatic nitrogens is 2. The maximum atomic E-state index is 12.3. The minimum atomic E-state index is -0.321.